The Morgan fingerprint density at radius 1 is 1.14 bits per heavy atom. The second-order valence-corrected chi connectivity index (χ2v) is 8.07. The molecule has 0 radical (unpaired) electrons. The highest BCUT2D eigenvalue weighted by atomic mass is 32.1. The monoisotopic (exact) mass is 401 g/mol. The first-order valence-electron chi connectivity index (χ1n) is 9.13. The number of carbonyl (C=O) groups excluding carboxylic acids is 1. The number of benzene rings is 2. The van der Waals surface area contributed by atoms with Gasteiger partial charge in [-0.15, -0.1) is 0 Å². The molecule has 5 nitrogen and oxygen atoms in total. The number of thiazole rings is 1. The Kier molecular flexibility index (Phi) is 6.26. The van der Waals surface area contributed by atoms with Crippen molar-refractivity contribution in [1.29, 1.82) is 0 Å². The van der Waals surface area contributed by atoms with Crippen molar-refractivity contribution in [3.05, 3.63) is 53.8 Å². The van der Waals surface area contributed by atoms with Gasteiger partial charge in [0.15, 0.2) is 5.13 Å². The molecule has 0 fully saturated rings. The first-order chi connectivity index (χ1) is 13.3. The van der Waals surface area contributed by atoms with Crippen LogP contribution in [0.3, 0.4) is 0 Å². The molecular weight excluding hydrogens is 377 g/mol. The van der Waals surface area contributed by atoms with Crippen LogP contribution in [0.5, 0.6) is 5.75 Å². The highest BCUT2D eigenvalue weighted by molar-refractivity contribution is 7.22. The molecule has 0 saturated heterocycles. The number of anilines is 1. The molecule has 0 aliphatic rings. The van der Waals surface area contributed by atoms with E-state index in [0.29, 0.717) is 29.3 Å². The van der Waals surface area contributed by atoms with Gasteiger partial charge in [-0.25, -0.2) is 9.37 Å². The molecule has 7 heteroatoms. The zero-order valence-electron chi connectivity index (χ0n) is 16.5. The standard InChI is InChI=1S/C21H24FN3O2S/c1-14(2)27-17-8-5-15(6-9-17)20(26)25(12-11-24(3)4)21-23-18-10-7-16(22)13-19(18)28-21/h5-10,13-14H,11-12H2,1-4H3. The van der Waals surface area contributed by atoms with Gasteiger partial charge in [-0.1, -0.05) is 11.3 Å². The van der Waals surface area contributed by atoms with Gasteiger partial charge in [-0.3, -0.25) is 9.69 Å². The van der Waals surface area contributed by atoms with Crippen molar-refractivity contribution in [3.63, 3.8) is 0 Å². The third kappa shape index (κ3) is 4.85. The number of halogens is 1. The van der Waals surface area contributed by atoms with Gasteiger partial charge in [-0.2, -0.15) is 0 Å². The molecule has 28 heavy (non-hydrogen) atoms. The van der Waals surface area contributed by atoms with E-state index in [1.165, 1.54) is 23.5 Å². The zero-order chi connectivity index (χ0) is 20.3. The van der Waals surface area contributed by atoms with Gasteiger partial charge in [0, 0.05) is 18.7 Å². The Balaban J connectivity index is 1.90. The van der Waals surface area contributed by atoms with E-state index in [0.717, 1.165) is 10.4 Å². The third-order valence-corrected chi connectivity index (χ3v) is 5.10. The fraction of sp³-hybridized carbons (Fsp3) is 0.333. The minimum Gasteiger partial charge on any atom is -0.491 e. The topological polar surface area (TPSA) is 45.7 Å². The zero-order valence-corrected chi connectivity index (χ0v) is 17.3. The molecule has 0 bridgehead atoms. The molecule has 2 aromatic carbocycles. The number of hydrogen-bond acceptors (Lipinski definition) is 5. The Bertz CT molecular complexity index is 954. The van der Waals surface area contributed by atoms with Crippen LogP contribution < -0.4 is 9.64 Å². The second kappa shape index (κ2) is 8.67. The summed E-state index contributed by atoms with van der Waals surface area (Å²) < 4.78 is 19.9. The largest absolute Gasteiger partial charge is 0.491 e. The van der Waals surface area contributed by atoms with Crippen molar-refractivity contribution in [2.45, 2.75) is 20.0 Å². The Morgan fingerprint density at radius 3 is 2.50 bits per heavy atom. The molecule has 1 amide bonds. The van der Waals surface area contributed by atoms with E-state index in [9.17, 15) is 9.18 Å². The summed E-state index contributed by atoms with van der Waals surface area (Å²) in [5.41, 5.74) is 1.24. The molecule has 1 heterocycles. The maximum Gasteiger partial charge on any atom is 0.260 e. The number of hydrogen-bond donors (Lipinski definition) is 0. The van der Waals surface area contributed by atoms with E-state index >= 15 is 0 Å². The molecule has 0 aliphatic heterocycles. The van der Waals surface area contributed by atoms with E-state index in [4.69, 9.17) is 4.74 Å². The highest BCUT2D eigenvalue weighted by Crippen LogP contribution is 2.30. The molecule has 148 valence electrons. The summed E-state index contributed by atoms with van der Waals surface area (Å²) in [5.74, 6) is 0.272. The third-order valence-electron chi connectivity index (χ3n) is 4.06. The summed E-state index contributed by atoms with van der Waals surface area (Å²) in [6.45, 7) is 5.08. The van der Waals surface area contributed by atoms with Gasteiger partial charge >= 0.3 is 0 Å². The first-order valence-corrected chi connectivity index (χ1v) is 9.94. The Hall–Kier alpha value is -2.51. The number of rotatable bonds is 7. The van der Waals surface area contributed by atoms with E-state index < -0.39 is 0 Å². The van der Waals surface area contributed by atoms with Gasteiger partial charge in [0.25, 0.3) is 5.91 Å². The molecule has 0 spiro atoms. The number of nitrogens with zero attached hydrogens (tertiary/aromatic N) is 3. The van der Waals surface area contributed by atoms with Gasteiger partial charge in [0.2, 0.25) is 0 Å². The normalized spacial score (nSPS) is 11.4. The number of carbonyl (C=O) groups is 1. The van der Waals surface area contributed by atoms with Crippen molar-refractivity contribution in [1.82, 2.24) is 9.88 Å². The summed E-state index contributed by atoms with van der Waals surface area (Å²) >= 11 is 1.32. The van der Waals surface area contributed by atoms with E-state index in [1.807, 2.05) is 32.8 Å². The predicted molar refractivity (Wildman–Crippen MR) is 112 cm³/mol. The van der Waals surface area contributed by atoms with Crippen molar-refractivity contribution in [3.8, 4) is 5.75 Å². The number of amides is 1. The van der Waals surface area contributed by atoms with E-state index in [-0.39, 0.29) is 17.8 Å². The van der Waals surface area contributed by atoms with Crippen LogP contribution in [0.2, 0.25) is 0 Å². The lowest BCUT2D eigenvalue weighted by molar-refractivity contribution is 0.0985. The Morgan fingerprint density at radius 2 is 1.86 bits per heavy atom. The van der Waals surface area contributed by atoms with Crippen LogP contribution >= 0.6 is 11.3 Å². The first kappa shape index (κ1) is 20.2. The minimum atomic E-state index is -0.311. The van der Waals surface area contributed by atoms with Crippen molar-refractivity contribution in [2.75, 3.05) is 32.1 Å². The molecule has 0 aliphatic carbocycles. The van der Waals surface area contributed by atoms with Crippen LogP contribution in [0.1, 0.15) is 24.2 Å². The SMILES string of the molecule is CC(C)Oc1ccc(C(=O)N(CCN(C)C)c2nc3ccc(F)cc3s2)cc1. The maximum atomic E-state index is 13.5. The molecule has 0 saturated carbocycles. The average Bonchev–Trinajstić information content (AvgIpc) is 3.04. The lowest BCUT2D eigenvalue weighted by Gasteiger charge is -2.22. The lowest BCUT2D eigenvalue weighted by Crippen LogP contribution is -2.36. The van der Waals surface area contributed by atoms with Crippen LogP contribution in [0.25, 0.3) is 10.2 Å². The molecule has 3 rings (SSSR count). The number of fused-ring (bicyclic) bond motifs is 1. The average molecular weight is 402 g/mol. The Labute approximate surface area is 168 Å². The molecule has 0 unspecified atom stereocenters. The molecular formula is C21H24FN3O2S. The molecule has 0 N–H and O–H groups in total. The number of aromatic nitrogens is 1. The molecule has 1 aromatic heterocycles. The molecule has 3 aromatic rings. The van der Waals surface area contributed by atoms with E-state index in [1.54, 1.807) is 35.2 Å². The smallest absolute Gasteiger partial charge is 0.260 e. The predicted octanol–water partition coefficient (Wildman–Crippen LogP) is 4.43. The van der Waals surface area contributed by atoms with Crippen LogP contribution in [0, 0.1) is 5.82 Å². The summed E-state index contributed by atoms with van der Waals surface area (Å²) in [6, 6.07) is 11.6. The lowest BCUT2D eigenvalue weighted by atomic mass is 10.2. The number of ether oxygens (including phenoxy) is 1. The summed E-state index contributed by atoms with van der Waals surface area (Å²) in [5, 5.41) is 0.565. The molecule has 0 atom stereocenters. The maximum absolute atomic E-state index is 13.5. The second-order valence-electron chi connectivity index (χ2n) is 7.06. The van der Waals surface area contributed by atoms with Gasteiger partial charge in [0.1, 0.15) is 11.6 Å². The van der Waals surface area contributed by atoms with Crippen LogP contribution in [-0.4, -0.2) is 49.1 Å². The summed E-state index contributed by atoms with van der Waals surface area (Å²) in [4.78, 5) is 21.4. The fourth-order valence-electron chi connectivity index (χ4n) is 2.69. The van der Waals surface area contributed by atoms with Gasteiger partial charge in [0.05, 0.1) is 16.3 Å². The quantitative estimate of drug-likeness (QED) is 0.588. The van der Waals surface area contributed by atoms with Crippen LogP contribution in [0.15, 0.2) is 42.5 Å². The van der Waals surface area contributed by atoms with Crippen molar-refractivity contribution >= 4 is 32.6 Å². The fourth-order valence-corrected chi connectivity index (χ4v) is 3.70. The van der Waals surface area contributed by atoms with Gasteiger partial charge in [-0.05, 0) is 70.4 Å². The minimum absolute atomic E-state index is 0.0706. The van der Waals surface area contributed by atoms with Crippen molar-refractivity contribution in [2.24, 2.45) is 0 Å². The number of likely N-dealkylation sites (N-methyl/N-ethyl adjacent to an activating group) is 1. The van der Waals surface area contributed by atoms with Crippen molar-refractivity contribution < 1.29 is 13.9 Å². The summed E-state index contributed by atoms with van der Waals surface area (Å²) in [7, 11) is 3.91. The van der Waals surface area contributed by atoms with Gasteiger partial charge < -0.3 is 9.64 Å². The van der Waals surface area contributed by atoms with E-state index in [2.05, 4.69) is 4.98 Å². The van der Waals surface area contributed by atoms with Crippen LogP contribution in [0.4, 0.5) is 9.52 Å². The summed E-state index contributed by atoms with van der Waals surface area (Å²) in [6.07, 6.45) is 0.0706. The van der Waals surface area contributed by atoms with Crippen LogP contribution in [-0.2, 0) is 0 Å². The highest BCUT2D eigenvalue weighted by Gasteiger charge is 2.21.